The van der Waals surface area contributed by atoms with Crippen molar-refractivity contribution in [3.63, 3.8) is 0 Å². The molecule has 1 aromatic rings. The molecule has 3 rings (SSSR count). The summed E-state index contributed by atoms with van der Waals surface area (Å²) in [7, 11) is 0. The molecule has 5 N–H and O–H groups in total. The lowest BCUT2D eigenvalue weighted by Gasteiger charge is -2.29. The fourth-order valence-corrected chi connectivity index (χ4v) is 3.32. The van der Waals surface area contributed by atoms with Crippen LogP contribution in [-0.2, 0) is 14.3 Å². The number of alkyl halides is 6. The summed E-state index contributed by atoms with van der Waals surface area (Å²) in [5.41, 5.74) is 5.85. The van der Waals surface area contributed by atoms with Gasteiger partial charge in [0.05, 0.1) is 17.0 Å². The summed E-state index contributed by atoms with van der Waals surface area (Å²) in [6.07, 6.45) is -5.12. The van der Waals surface area contributed by atoms with Gasteiger partial charge in [-0.25, -0.2) is 0 Å². The van der Waals surface area contributed by atoms with Crippen LogP contribution in [0.15, 0.2) is 71.5 Å². The number of nitrogens with zero attached hydrogens (tertiary/aromatic N) is 1. The second-order valence-corrected chi connectivity index (χ2v) is 7.97. The number of hydrogen-bond donors (Lipinski definition) is 4. The van der Waals surface area contributed by atoms with Crippen molar-refractivity contribution in [2.45, 2.75) is 25.5 Å². The number of benzene rings is 1. The van der Waals surface area contributed by atoms with Crippen LogP contribution < -0.4 is 31.3 Å². The summed E-state index contributed by atoms with van der Waals surface area (Å²) in [6.45, 7) is -1.91. The predicted molar refractivity (Wildman–Crippen MR) is 123 cm³/mol. The van der Waals surface area contributed by atoms with E-state index in [1.165, 1.54) is 48.8 Å². The summed E-state index contributed by atoms with van der Waals surface area (Å²) >= 11 is 0. The molecule has 2 aliphatic heterocycles. The van der Waals surface area contributed by atoms with E-state index in [1.54, 1.807) is 6.92 Å². The zero-order valence-electron chi connectivity index (χ0n) is 19.7. The van der Waals surface area contributed by atoms with Gasteiger partial charge in [0.2, 0.25) is 0 Å². The van der Waals surface area contributed by atoms with Gasteiger partial charge in [0, 0.05) is 24.6 Å². The highest BCUT2D eigenvalue weighted by Crippen LogP contribution is 2.32. The maximum Gasteiger partial charge on any atom is 0.422 e. The van der Waals surface area contributed by atoms with Gasteiger partial charge in [-0.3, -0.25) is 14.5 Å². The number of para-hydroxylation sites is 2. The highest BCUT2D eigenvalue weighted by Gasteiger charge is 2.33. The van der Waals surface area contributed by atoms with Crippen LogP contribution in [0.1, 0.15) is 6.92 Å². The molecule has 206 valence electrons. The number of carbonyl (C=O) groups is 2. The number of nitrogens with one attached hydrogen (secondary N) is 3. The molecule has 2 aliphatic rings. The number of halogens is 6. The molecule has 0 fully saturated rings. The Bertz CT molecular complexity index is 1190. The molecule has 0 aromatic heterocycles. The first-order chi connectivity index (χ1) is 17.8. The van der Waals surface area contributed by atoms with Gasteiger partial charge in [0.15, 0.2) is 6.61 Å². The first kappa shape index (κ1) is 28.6. The Labute approximate surface area is 212 Å². The molecule has 1 aromatic carbocycles. The molecule has 0 saturated heterocycles. The van der Waals surface area contributed by atoms with Gasteiger partial charge >= 0.3 is 12.4 Å². The molecule has 0 saturated carbocycles. The lowest BCUT2D eigenvalue weighted by molar-refractivity contribution is -0.182. The van der Waals surface area contributed by atoms with E-state index >= 15 is 0 Å². The summed E-state index contributed by atoms with van der Waals surface area (Å²) < 4.78 is 84.5. The van der Waals surface area contributed by atoms with E-state index in [0.717, 1.165) is 4.90 Å². The Morgan fingerprint density at radius 1 is 1.13 bits per heavy atom. The smallest absolute Gasteiger partial charge is 0.422 e. The molecule has 9 nitrogen and oxygen atoms in total. The summed E-state index contributed by atoms with van der Waals surface area (Å²) in [5.74, 6) is -1.80. The van der Waals surface area contributed by atoms with Gasteiger partial charge in [0.1, 0.15) is 24.3 Å². The van der Waals surface area contributed by atoms with Crippen LogP contribution in [0.3, 0.4) is 0 Å². The summed E-state index contributed by atoms with van der Waals surface area (Å²) in [4.78, 5) is 27.3. The molecule has 1 atom stereocenters. The van der Waals surface area contributed by atoms with E-state index in [0.29, 0.717) is 5.70 Å². The van der Waals surface area contributed by atoms with Crippen LogP contribution in [0.2, 0.25) is 0 Å². The lowest BCUT2D eigenvalue weighted by atomic mass is 10.1. The second kappa shape index (κ2) is 11.6. The average Bonchev–Trinajstić information content (AvgIpc) is 2.84. The van der Waals surface area contributed by atoms with E-state index in [-0.39, 0.29) is 28.4 Å². The van der Waals surface area contributed by atoms with Crippen molar-refractivity contribution in [1.82, 2.24) is 16.0 Å². The molecule has 2 heterocycles. The number of amides is 2. The molecule has 2 amide bonds. The Hall–Kier alpha value is -3.98. The SMILES string of the molecule is CC1=CN(c2ccccc2OCC(F)(F)F)C(=O)/C(=C(/CN)C(=O)NC2=CNC(OCC(F)(F)F)C=C2)N1. The Kier molecular flexibility index (Phi) is 8.73. The summed E-state index contributed by atoms with van der Waals surface area (Å²) in [6, 6.07) is 5.57. The molecule has 15 heteroatoms. The molecule has 0 radical (unpaired) electrons. The number of rotatable bonds is 8. The van der Waals surface area contributed by atoms with Crippen LogP contribution in [0.5, 0.6) is 5.75 Å². The van der Waals surface area contributed by atoms with Gasteiger partial charge in [-0.2, -0.15) is 26.3 Å². The van der Waals surface area contributed by atoms with Gasteiger partial charge in [-0.05, 0) is 31.2 Å². The van der Waals surface area contributed by atoms with Crippen molar-refractivity contribution in [2.24, 2.45) is 5.73 Å². The fourth-order valence-electron chi connectivity index (χ4n) is 3.32. The van der Waals surface area contributed by atoms with E-state index < -0.39 is 50.2 Å². The molecule has 0 spiro atoms. The number of carbonyl (C=O) groups excluding carboxylic acids is 2. The van der Waals surface area contributed by atoms with Gasteiger partial charge in [0.25, 0.3) is 11.8 Å². The standard InChI is InChI=1S/C23H23F6N5O4/c1-13-10-34(16-4-2-3-5-17(16)37-11-22(24,25)26)21(36)19(32-13)15(8-30)20(35)33-14-6-7-18(31-9-14)38-12-23(27,28)29/h2-7,9-10,18,31-32H,8,11-12,30H2,1H3,(H,33,35)/b19-15+. The number of hydrogen-bond acceptors (Lipinski definition) is 7. The van der Waals surface area contributed by atoms with Crippen LogP contribution in [-0.4, -0.2) is 50.2 Å². The Morgan fingerprint density at radius 2 is 1.82 bits per heavy atom. The Morgan fingerprint density at radius 3 is 2.42 bits per heavy atom. The molecular formula is C23H23F6N5O4. The molecular weight excluding hydrogens is 524 g/mol. The quantitative estimate of drug-likeness (QED) is 0.292. The topological polar surface area (TPSA) is 118 Å². The van der Waals surface area contributed by atoms with Crippen molar-refractivity contribution < 1.29 is 45.4 Å². The van der Waals surface area contributed by atoms with E-state index in [2.05, 4.69) is 20.7 Å². The number of dihydropyridines is 1. The molecule has 0 aliphatic carbocycles. The lowest BCUT2D eigenvalue weighted by Crippen LogP contribution is -2.42. The maximum atomic E-state index is 13.3. The second-order valence-electron chi connectivity index (χ2n) is 7.97. The number of nitrogens with two attached hydrogens (primary N) is 1. The third-order valence-electron chi connectivity index (χ3n) is 4.91. The van der Waals surface area contributed by atoms with Gasteiger partial charge < -0.3 is 31.2 Å². The highest BCUT2D eigenvalue weighted by molar-refractivity contribution is 6.13. The fraction of sp³-hybridized carbons (Fsp3) is 0.304. The molecule has 0 bridgehead atoms. The van der Waals surface area contributed by atoms with Crippen LogP contribution in [0.4, 0.5) is 32.0 Å². The third kappa shape index (κ3) is 7.76. The highest BCUT2D eigenvalue weighted by atomic mass is 19.4. The third-order valence-corrected chi connectivity index (χ3v) is 4.91. The van der Waals surface area contributed by atoms with Crippen LogP contribution in [0.25, 0.3) is 0 Å². The van der Waals surface area contributed by atoms with Crippen molar-refractivity contribution in [1.29, 1.82) is 0 Å². The monoisotopic (exact) mass is 547 g/mol. The van der Waals surface area contributed by atoms with Crippen molar-refractivity contribution in [2.75, 3.05) is 24.7 Å². The first-order valence-corrected chi connectivity index (χ1v) is 10.9. The number of allylic oxidation sites excluding steroid dienone is 2. The predicted octanol–water partition coefficient (Wildman–Crippen LogP) is 2.66. The zero-order chi connectivity index (χ0) is 28.1. The normalized spacial score (nSPS) is 19.2. The number of ether oxygens (including phenoxy) is 2. The van der Waals surface area contributed by atoms with Gasteiger partial charge in [-0.15, -0.1) is 0 Å². The zero-order valence-corrected chi connectivity index (χ0v) is 19.7. The number of anilines is 1. The Balaban J connectivity index is 1.79. The van der Waals surface area contributed by atoms with Crippen molar-refractivity contribution >= 4 is 17.5 Å². The average molecular weight is 547 g/mol. The van der Waals surface area contributed by atoms with Gasteiger partial charge in [-0.1, -0.05) is 12.1 Å². The minimum Gasteiger partial charge on any atom is -0.482 e. The molecule has 38 heavy (non-hydrogen) atoms. The van der Waals surface area contributed by atoms with Crippen molar-refractivity contribution in [3.8, 4) is 5.75 Å². The van der Waals surface area contributed by atoms with E-state index in [4.69, 9.17) is 10.5 Å². The maximum absolute atomic E-state index is 13.3. The first-order valence-electron chi connectivity index (χ1n) is 10.9. The van der Waals surface area contributed by atoms with Crippen LogP contribution >= 0.6 is 0 Å². The van der Waals surface area contributed by atoms with Crippen molar-refractivity contribution in [3.05, 3.63) is 71.5 Å². The van der Waals surface area contributed by atoms with E-state index in [1.807, 2.05) is 0 Å². The van der Waals surface area contributed by atoms with Crippen LogP contribution in [0, 0.1) is 0 Å². The molecule has 1 unspecified atom stereocenters. The minimum atomic E-state index is -4.61. The largest absolute Gasteiger partial charge is 0.482 e. The van der Waals surface area contributed by atoms with E-state index in [9.17, 15) is 35.9 Å². The minimum absolute atomic E-state index is 0.00361. The summed E-state index contributed by atoms with van der Waals surface area (Å²) in [5, 5.41) is 7.76.